The lowest BCUT2D eigenvalue weighted by atomic mass is 10.0. The van der Waals surface area contributed by atoms with Crippen molar-refractivity contribution >= 4 is 23.3 Å². The molecule has 0 spiro atoms. The second-order valence-corrected chi connectivity index (χ2v) is 7.40. The summed E-state index contributed by atoms with van der Waals surface area (Å²) in [5.74, 6) is 1.61. The monoisotopic (exact) mass is 357 g/mol. The Labute approximate surface area is 152 Å². The predicted octanol–water partition coefficient (Wildman–Crippen LogP) is 4.45. The van der Waals surface area contributed by atoms with Crippen LogP contribution >= 0.6 is 11.3 Å². The molecule has 3 rings (SSSR count). The van der Waals surface area contributed by atoms with E-state index in [0.29, 0.717) is 0 Å². The Balaban J connectivity index is 1.82. The Kier molecular flexibility index (Phi) is 5.43. The number of likely N-dealkylation sites (tertiary alicyclic amines) is 1. The lowest BCUT2D eigenvalue weighted by molar-refractivity contribution is -0.126. The summed E-state index contributed by atoms with van der Waals surface area (Å²) in [5.41, 5.74) is 1.01. The maximum Gasteiger partial charge on any atom is 0.247 e. The molecular weight excluding hydrogens is 334 g/mol. The van der Waals surface area contributed by atoms with Crippen LogP contribution < -0.4 is 9.47 Å². The maximum atomic E-state index is 12.7. The molecule has 1 unspecified atom stereocenters. The van der Waals surface area contributed by atoms with E-state index in [1.807, 2.05) is 35.2 Å². The van der Waals surface area contributed by atoms with Crippen LogP contribution in [0.2, 0.25) is 0 Å². The first-order chi connectivity index (χ1) is 12.1. The van der Waals surface area contributed by atoms with Crippen molar-refractivity contribution in [3.63, 3.8) is 0 Å². The van der Waals surface area contributed by atoms with Crippen molar-refractivity contribution in [1.29, 1.82) is 0 Å². The molecule has 0 saturated carbocycles. The zero-order valence-corrected chi connectivity index (χ0v) is 15.6. The molecule has 0 N–H and O–H groups in total. The minimum absolute atomic E-state index is 0.0206. The first kappa shape index (κ1) is 17.5. The van der Waals surface area contributed by atoms with Crippen LogP contribution in [0.15, 0.2) is 36.4 Å². The summed E-state index contributed by atoms with van der Waals surface area (Å²) >= 11 is 1.69. The number of rotatable bonds is 5. The zero-order valence-electron chi connectivity index (χ0n) is 14.8. The normalized spacial score (nSPS) is 17.2. The van der Waals surface area contributed by atoms with E-state index in [9.17, 15) is 4.79 Å². The molecule has 0 radical (unpaired) electrons. The average molecular weight is 357 g/mol. The molecule has 25 heavy (non-hydrogen) atoms. The van der Waals surface area contributed by atoms with Crippen molar-refractivity contribution in [3.8, 4) is 11.5 Å². The molecule has 0 aliphatic carbocycles. The van der Waals surface area contributed by atoms with Crippen LogP contribution in [0.1, 0.15) is 34.2 Å². The first-order valence-electron chi connectivity index (χ1n) is 8.39. The summed E-state index contributed by atoms with van der Waals surface area (Å²) in [6.45, 7) is 2.83. The third kappa shape index (κ3) is 3.87. The lowest BCUT2D eigenvalue weighted by Crippen LogP contribution is -2.29. The Morgan fingerprint density at radius 3 is 2.76 bits per heavy atom. The van der Waals surface area contributed by atoms with Crippen LogP contribution in [0.4, 0.5) is 0 Å². The van der Waals surface area contributed by atoms with Gasteiger partial charge in [0.2, 0.25) is 5.91 Å². The smallest absolute Gasteiger partial charge is 0.247 e. The molecule has 2 aromatic rings. The Morgan fingerprint density at radius 1 is 1.24 bits per heavy atom. The molecule has 132 valence electrons. The van der Waals surface area contributed by atoms with Gasteiger partial charge in [-0.3, -0.25) is 4.79 Å². The molecule has 1 aromatic heterocycles. The third-order valence-electron chi connectivity index (χ3n) is 4.48. The van der Waals surface area contributed by atoms with Gasteiger partial charge in [0.1, 0.15) is 11.5 Å². The van der Waals surface area contributed by atoms with Crippen LogP contribution in [-0.2, 0) is 4.79 Å². The Hall–Kier alpha value is -2.27. The molecule has 0 bridgehead atoms. The van der Waals surface area contributed by atoms with Crippen LogP contribution in [0, 0.1) is 6.92 Å². The highest BCUT2D eigenvalue weighted by molar-refractivity contribution is 7.12. The van der Waals surface area contributed by atoms with Crippen LogP contribution in [0.3, 0.4) is 0 Å². The number of thiophene rings is 1. The number of nitrogens with zero attached hydrogens (tertiary/aromatic N) is 1. The van der Waals surface area contributed by atoms with Gasteiger partial charge < -0.3 is 14.4 Å². The Morgan fingerprint density at radius 2 is 2.08 bits per heavy atom. The summed E-state index contributed by atoms with van der Waals surface area (Å²) in [6.07, 6.45) is 5.50. The summed E-state index contributed by atoms with van der Waals surface area (Å²) < 4.78 is 10.9. The van der Waals surface area contributed by atoms with E-state index in [4.69, 9.17) is 9.47 Å². The summed E-state index contributed by atoms with van der Waals surface area (Å²) in [7, 11) is 3.31. The zero-order chi connectivity index (χ0) is 17.8. The number of aryl methyl sites for hydroxylation is 1. The highest BCUT2D eigenvalue weighted by Gasteiger charge is 2.31. The molecule has 1 atom stereocenters. The highest BCUT2D eigenvalue weighted by Crippen LogP contribution is 2.39. The number of hydrogen-bond donors (Lipinski definition) is 0. The van der Waals surface area contributed by atoms with E-state index in [0.717, 1.165) is 41.3 Å². The standard InChI is InChI=1S/C20H23NO3S/c1-14-6-8-16(25-14)9-11-20(22)21-12-4-5-18(21)17-13-15(23-2)7-10-19(17)24-3/h6-11,13,18H,4-5,12H2,1-3H3/b11-9+. The van der Waals surface area contributed by atoms with Crippen molar-refractivity contribution < 1.29 is 14.3 Å². The number of benzene rings is 1. The van der Waals surface area contributed by atoms with Crippen LogP contribution in [-0.4, -0.2) is 31.6 Å². The minimum Gasteiger partial charge on any atom is -0.497 e. The fourth-order valence-corrected chi connectivity index (χ4v) is 4.03. The molecule has 1 fully saturated rings. The third-order valence-corrected chi connectivity index (χ3v) is 5.45. The molecule has 1 amide bonds. The molecule has 2 heterocycles. The van der Waals surface area contributed by atoms with Gasteiger partial charge in [0.25, 0.3) is 0 Å². The van der Waals surface area contributed by atoms with Crippen LogP contribution in [0.25, 0.3) is 6.08 Å². The van der Waals surface area contributed by atoms with Gasteiger partial charge in [0.05, 0.1) is 20.3 Å². The molecule has 1 saturated heterocycles. The number of methoxy groups -OCH3 is 2. The van der Waals surface area contributed by atoms with E-state index >= 15 is 0 Å². The Bertz CT molecular complexity index is 781. The van der Waals surface area contributed by atoms with Gasteiger partial charge in [-0.25, -0.2) is 0 Å². The van der Waals surface area contributed by atoms with Gasteiger partial charge >= 0.3 is 0 Å². The molecule has 1 aliphatic heterocycles. The van der Waals surface area contributed by atoms with E-state index in [-0.39, 0.29) is 11.9 Å². The van der Waals surface area contributed by atoms with Gasteiger partial charge in [-0.15, -0.1) is 11.3 Å². The molecule has 5 heteroatoms. The average Bonchev–Trinajstić information content (AvgIpc) is 3.28. The van der Waals surface area contributed by atoms with Gasteiger partial charge in [0.15, 0.2) is 0 Å². The molecule has 4 nitrogen and oxygen atoms in total. The van der Waals surface area contributed by atoms with Crippen molar-refractivity contribution in [2.75, 3.05) is 20.8 Å². The summed E-state index contributed by atoms with van der Waals surface area (Å²) in [4.78, 5) is 17.0. The topological polar surface area (TPSA) is 38.8 Å². The van der Waals surface area contributed by atoms with E-state index in [1.54, 1.807) is 31.6 Å². The second kappa shape index (κ2) is 7.74. The fraction of sp³-hybridized carbons (Fsp3) is 0.350. The lowest BCUT2D eigenvalue weighted by Gasteiger charge is -2.25. The number of hydrogen-bond acceptors (Lipinski definition) is 4. The SMILES string of the molecule is COc1ccc(OC)c(C2CCCN2C(=O)/C=C/c2ccc(C)s2)c1. The molecule has 1 aromatic carbocycles. The number of ether oxygens (including phenoxy) is 2. The highest BCUT2D eigenvalue weighted by atomic mass is 32.1. The van der Waals surface area contributed by atoms with E-state index < -0.39 is 0 Å². The van der Waals surface area contributed by atoms with Gasteiger partial charge in [-0.2, -0.15) is 0 Å². The predicted molar refractivity (Wildman–Crippen MR) is 101 cm³/mol. The summed E-state index contributed by atoms with van der Waals surface area (Å²) in [6, 6.07) is 9.88. The second-order valence-electron chi connectivity index (χ2n) is 6.08. The largest absolute Gasteiger partial charge is 0.497 e. The quantitative estimate of drug-likeness (QED) is 0.742. The van der Waals surface area contributed by atoms with Crippen molar-refractivity contribution in [2.45, 2.75) is 25.8 Å². The number of carbonyl (C=O) groups is 1. The van der Waals surface area contributed by atoms with Gasteiger partial charge in [0, 0.05) is 27.9 Å². The maximum absolute atomic E-state index is 12.7. The van der Waals surface area contributed by atoms with Crippen molar-refractivity contribution in [2.24, 2.45) is 0 Å². The fourth-order valence-electron chi connectivity index (χ4n) is 3.25. The number of carbonyl (C=O) groups excluding carboxylic acids is 1. The van der Waals surface area contributed by atoms with Gasteiger partial charge in [-0.05, 0) is 56.2 Å². The molecular formula is C20H23NO3S. The van der Waals surface area contributed by atoms with Gasteiger partial charge in [-0.1, -0.05) is 0 Å². The van der Waals surface area contributed by atoms with Crippen molar-refractivity contribution in [1.82, 2.24) is 4.90 Å². The minimum atomic E-state index is 0.0206. The first-order valence-corrected chi connectivity index (χ1v) is 9.21. The van der Waals surface area contributed by atoms with Crippen LogP contribution in [0.5, 0.6) is 11.5 Å². The van der Waals surface area contributed by atoms with E-state index in [2.05, 4.69) is 13.0 Å². The number of amides is 1. The summed E-state index contributed by atoms with van der Waals surface area (Å²) in [5, 5.41) is 0. The molecule has 1 aliphatic rings. The van der Waals surface area contributed by atoms with Crippen molar-refractivity contribution in [3.05, 3.63) is 51.7 Å². The van der Waals surface area contributed by atoms with E-state index in [1.165, 1.54) is 4.88 Å².